The van der Waals surface area contributed by atoms with Crippen LogP contribution >= 0.6 is 0 Å². The number of nitrogens with one attached hydrogen (secondary N) is 1. The van der Waals surface area contributed by atoms with Gasteiger partial charge in [-0.25, -0.2) is 0 Å². The molecule has 0 aromatic rings. The Bertz CT molecular complexity index is 555. The molecule has 0 aromatic heterocycles. The number of carbonyl (C=O) groups excluding carboxylic acids is 2. The van der Waals surface area contributed by atoms with Gasteiger partial charge in [0, 0.05) is 6.42 Å². The number of carboxylic acid groups (broad SMARTS) is 1. The number of carbonyl (C=O) groups is 2. The van der Waals surface area contributed by atoms with Gasteiger partial charge < -0.3 is 19.7 Å². The molecule has 0 saturated heterocycles. The molecule has 5 heteroatoms. The number of amides is 1. The molecule has 0 radical (unpaired) electrons. The molecular weight excluding hydrogens is 412 g/mol. The number of nitrogens with zero attached hydrogens (tertiary/aromatic N) is 1. The number of rotatable bonds is 21. The van der Waals surface area contributed by atoms with Crippen LogP contribution in [0.3, 0.4) is 0 Å². The van der Waals surface area contributed by atoms with Crippen molar-refractivity contribution in [2.24, 2.45) is 0 Å². The predicted octanol–water partition coefficient (Wildman–Crippen LogP) is 5.52. The van der Waals surface area contributed by atoms with Crippen LogP contribution in [0.1, 0.15) is 124 Å². The van der Waals surface area contributed by atoms with E-state index in [0.29, 0.717) is 13.0 Å². The van der Waals surface area contributed by atoms with Crippen molar-refractivity contribution in [3.05, 3.63) is 12.2 Å². The van der Waals surface area contributed by atoms with Gasteiger partial charge in [-0.05, 0) is 52.4 Å². The second kappa shape index (κ2) is 18.0. The summed E-state index contributed by atoms with van der Waals surface area (Å²) in [6.07, 6.45) is 22.2. The third-order valence-corrected chi connectivity index (χ3v) is 7.21. The number of unbranched alkanes of at least 4 members (excludes halogenated alkanes) is 11. The average molecular weight is 467 g/mol. The van der Waals surface area contributed by atoms with Crippen molar-refractivity contribution in [2.45, 2.75) is 136 Å². The second-order valence-electron chi connectivity index (χ2n) is 10.7. The Hall–Kier alpha value is -1.36. The summed E-state index contributed by atoms with van der Waals surface area (Å²) < 4.78 is 0.265. The van der Waals surface area contributed by atoms with Gasteiger partial charge in [0.05, 0.1) is 26.7 Å². The van der Waals surface area contributed by atoms with Crippen LogP contribution in [0.2, 0.25) is 0 Å². The summed E-state index contributed by atoms with van der Waals surface area (Å²) in [5.41, 5.74) is -1.01. The molecule has 0 aromatic carbocycles. The molecular formula is C28H54N2O3. The smallest absolute Gasteiger partial charge is 0.220 e. The molecule has 0 aliphatic heterocycles. The number of hydrogen-bond donors (Lipinski definition) is 1. The summed E-state index contributed by atoms with van der Waals surface area (Å²) in [5.74, 6) is -0.993. The van der Waals surface area contributed by atoms with Crippen LogP contribution < -0.4 is 10.4 Å². The van der Waals surface area contributed by atoms with Gasteiger partial charge in [-0.2, -0.15) is 0 Å². The lowest BCUT2D eigenvalue weighted by atomic mass is 9.99. The van der Waals surface area contributed by atoms with Crippen LogP contribution in [0.25, 0.3) is 0 Å². The summed E-state index contributed by atoms with van der Waals surface area (Å²) in [7, 11) is 3.77. The van der Waals surface area contributed by atoms with Crippen molar-refractivity contribution in [3.63, 3.8) is 0 Å². The van der Waals surface area contributed by atoms with Crippen LogP contribution in [0, 0.1) is 0 Å². The van der Waals surface area contributed by atoms with Gasteiger partial charge in [0.15, 0.2) is 0 Å². The van der Waals surface area contributed by atoms with Crippen molar-refractivity contribution >= 4 is 11.9 Å². The molecule has 33 heavy (non-hydrogen) atoms. The van der Waals surface area contributed by atoms with E-state index in [4.69, 9.17) is 0 Å². The maximum absolute atomic E-state index is 12.4. The van der Waals surface area contributed by atoms with Crippen LogP contribution in [-0.2, 0) is 9.59 Å². The van der Waals surface area contributed by atoms with Gasteiger partial charge in [-0.3, -0.25) is 4.79 Å². The number of aliphatic carboxylic acids is 1. The first kappa shape index (κ1) is 31.6. The van der Waals surface area contributed by atoms with Crippen molar-refractivity contribution in [2.75, 3.05) is 20.6 Å². The number of hydrogen-bond acceptors (Lipinski definition) is 3. The first-order valence-corrected chi connectivity index (χ1v) is 13.6. The van der Waals surface area contributed by atoms with Crippen LogP contribution in [0.4, 0.5) is 0 Å². The van der Waals surface area contributed by atoms with Gasteiger partial charge in [0.2, 0.25) is 5.91 Å². The van der Waals surface area contributed by atoms with E-state index in [-0.39, 0.29) is 16.4 Å². The molecule has 0 aliphatic carbocycles. The Kier molecular flexibility index (Phi) is 17.3. The van der Waals surface area contributed by atoms with Crippen LogP contribution in [0.5, 0.6) is 0 Å². The standard InChI is InChI=1S/C28H54N2O3/c1-7-9-10-11-12-13-14-15-16-17-18-19-20-21-22-23-26(31)29-25(8-2)24-30(5,6)28(3,4)27(32)33/h15-16,25H,7-14,17-24H2,1-6H3,(H-,29,31,32,33)/b16-15-. The molecule has 0 saturated carbocycles. The number of quaternary nitrogens is 1. The van der Waals surface area contributed by atoms with E-state index >= 15 is 0 Å². The summed E-state index contributed by atoms with van der Waals surface area (Å²) in [6.45, 7) is 8.22. The fraction of sp³-hybridized carbons (Fsp3) is 0.857. The summed E-state index contributed by atoms with van der Waals surface area (Å²) in [5, 5.41) is 14.6. The van der Waals surface area contributed by atoms with Crippen molar-refractivity contribution in [1.82, 2.24) is 5.32 Å². The topological polar surface area (TPSA) is 69.2 Å². The molecule has 1 unspecified atom stereocenters. The van der Waals surface area contributed by atoms with Gasteiger partial charge in [-0.1, -0.05) is 77.4 Å². The van der Waals surface area contributed by atoms with E-state index in [2.05, 4.69) is 24.4 Å². The predicted molar refractivity (Wildman–Crippen MR) is 138 cm³/mol. The zero-order valence-electron chi connectivity index (χ0n) is 22.7. The Labute approximate surface area is 205 Å². The molecule has 0 fully saturated rings. The Balaban J connectivity index is 3.86. The molecule has 0 heterocycles. The zero-order valence-corrected chi connectivity index (χ0v) is 22.7. The van der Waals surface area contributed by atoms with Crippen molar-refractivity contribution in [1.29, 1.82) is 0 Å². The minimum absolute atomic E-state index is 0.0331. The lowest BCUT2D eigenvalue weighted by Crippen LogP contribution is -2.67. The molecule has 0 rings (SSSR count). The van der Waals surface area contributed by atoms with Gasteiger partial charge in [0.25, 0.3) is 0 Å². The summed E-state index contributed by atoms with van der Waals surface area (Å²) in [4.78, 5) is 23.9. The quantitative estimate of drug-likeness (QED) is 0.137. The van der Waals surface area contributed by atoms with Crippen molar-refractivity contribution in [3.8, 4) is 0 Å². The number of allylic oxidation sites excluding steroid dienone is 2. The molecule has 194 valence electrons. The lowest BCUT2D eigenvalue weighted by Gasteiger charge is -2.46. The molecule has 1 N–H and O–H groups in total. The second-order valence-corrected chi connectivity index (χ2v) is 10.7. The summed E-state index contributed by atoms with van der Waals surface area (Å²) in [6, 6.07) is -0.0331. The Morgan fingerprint density at radius 1 is 0.848 bits per heavy atom. The third-order valence-electron chi connectivity index (χ3n) is 7.21. The van der Waals surface area contributed by atoms with E-state index in [1.165, 1.54) is 70.6 Å². The fourth-order valence-corrected chi connectivity index (χ4v) is 3.96. The highest BCUT2D eigenvalue weighted by Gasteiger charge is 2.39. The van der Waals surface area contributed by atoms with Gasteiger partial charge in [-0.15, -0.1) is 0 Å². The highest BCUT2D eigenvalue weighted by atomic mass is 16.4. The molecule has 0 aliphatic rings. The maximum Gasteiger partial charge on any atom is 0.220 e. The number of likely N-dealkylation sites (N-methyl/N-ethyl adjacent to an activating group) is 1. The van der Waals surface area contributed by atoms with Crippen LogP contribution in [0.15, 0.2) is 12.2 Å². The normalized spacial score (nSPS) is 13.4. The highest BCUT2D eigenvalue weighted by molar-refractivity contribution is 5.76. The number of carboxylic acids is 1. The first-order chi connectivity index (χ1) is 15.6. The third kappa shape index (κ3) is 14.5. The van der Waals surface area contributed by atoms with E-state index in [9.17, 15) is 14.7 Å². The fourth-order valence-electron chi connectivity index (χ4n) is 3.96. The molecule has 1 atom stereocenters. The molecule has 0 bridgehead atoms. The monoisotopic (exact) mass is 466 g/mol. The molecule has 5 nitrogen and oxygen atoms in total. The minimum atomic E-state index is -1.07. The average Bonchev–Trinajstić information content (AvgIpc) is 2.75. The SMILES string of the molecule is CCCCCCCC/C=C\CCCCCCCC(=O)NC(CC)C[N+](C)(C)C(C)(C)C(=O)[O-]. The van der Waals surface area contributed by atoms with Gasteiger partial charge in [0.1, 0.15) is 11.5 Å². The first-order valence-electron chi connectivity index (χ1n) is 13.6. The van der Waals surface area contributed by atoms with E-state index in [1.54, 1.807) is 13.8 Å². The molecule has 1 amide bonds. The Morgan fingerprint density at radius 2 is 1.33 bits per heavy atom. The van der Waals surface area contributed by atoms with E-state index < -0.39 is 11.5 Å². The maximum atomic E-state index is 12.4. The lowest BCUT2D eigenvalue weighted by molar-refractivity contribution is -0.931. The van der Waals surface area contributed by atoms with Gasteiger partial charge >= 0.3 is 0 Å². The highest BCUT2D eigenvalue weighted by Crippen LogP contribution is 2.21. The van der Waals surface area contributed by atoms with E-state index in [1.807, 2.05) is 21.0 Å². The van der Waals surface area contributed by atoms with E-state index in [0.717, 1.165) is 19.3 Å². The largest absolute Gasteiger partial charge is 0.544 e. The van der Waals surface area contributed by atoms with Crippen molar-refractivity contribution < 1.29 is 19.2 Å². The summed E-state index contributed by atoms with van der Waals surface area (Å²) >= 11 is 0. The zero-order chi connectivity index (χ0) is 25.2. The minimum Gasteiger partial charge on any atom is -0.544 e. The Morgan fingerprint density at radius 3 is 1.82 bits per heavy atom. The van der Waals surface area contributed by atoms with Crippen LogP contribution in [-0.4, -0.2) is 48.6 Å². The molecule has 0 spiro atoms.